The lowest BCUT2D eigenvalue weighted by atomic mass is 9.89. The summed E-state index contributed by atoms with van der Waals surface area (Å²) >= 11 is 0. The number of hydrogen-bond donors (Lipinski definition) is 1. The van der Waals surface area contributed by atoms with E-state index in [9.17, 15) is 4.79 Å². The minimum atomic E-state index is -0.386. The van der Waals surface area contributed by atoms with Gasteiger partial charge in [0.25, 0.3) is 0 Å². The van der Waals surface area contributed by atoms with Crippen molar-refractivity contribution in [3.63, 3.8) is 0 Å². The van der Waals surface area contributed by atoms with Crippen LogP contribution in [0, 0.1) is 17.8 Å². The third-order valence-electron chi connectivity index (χ3n) is 6.17. The van der Waals surface area contributed by atoms with E-state index in [0.717, 1.165) is 31.1 Å². The van der Waals surface area contributed by atoms with E-state index in [4.69, 9.17) is 9.84 Å². The van der Waals surface area contributed by atoms with Crippen LogP contribution in [0.15, 0.2) is 24.8 Å². The van der Waals surface area contributed by atoms with Crippen LogP contribution in [0.4, 0.5) is 0 Å². The number of aliphatic hydroxyl groups is 1. The summed E-state index contributed by atoms with van der Waals surface area (Å²) in [6.07, 6.45) is 20.4. The molecule has 0 aromatic rings. The van der Waals surface area contributed by atoms with Crippen LogP contribution in [0.1, 0.15) is 77.6 Å². The molecule has 1 aliphatic carbocycles. The molecule has 0 aromatic carbocycles. The molecule has 2 aliphatic rings. The lowest BCUT2D eigenvalue weighted by Crippen LogP contribution is -2.13. The number of carbonyl (C=O) groups is 1. The zero-order valence-corrected chi connectivity index (χ0v) is 16.6. The van der Waals surface area contributed by atoms with Gasteiger partial charge in [0.1, 0.15) is 12.7 Å². The molecule has 1 heterocycles. The van der Waals surface area contributed by atoms with E-state index in [1.807, 2.05) is 0 Å². The minimum absolute atomic E-state index is 0.0767. The first kappa shape index (κ1) is 21.4. The van der Waals surface area contributed by atoms with Gasteiger partial charge in [-0.1, -0.05) is 57.3 Å². The molecule has 3 nitrogen and oxygen atoms in total. The molecule has 3 heteroatoms. The van der Waals surface area contributed by atoms with E-state index in [-0.39, 0.29) is 24.6 Å². The summed E-state index contributed by atoms with van der Waals surface area (Å²) in [4.78, 5) is 11.3. The molecule has 1 N–H and O–H groups in total. The summed E-state index contributed by atoms with van der Waals surface area (Å²) in [5.41, 5.74) is 0. The molecule has 1 saturated carbocycles. The van der Waals surface area contributed by atoms with Crippen molar-refractivity contribution in [3.05, 3.63) is 24.8 Å². The second-order valence-corrected chi connectivity index (χ2v) is 8.16. The Balaban J connectivity index is 1.61. The van der Waals surface area contributed by atoms with Gasteiger partial charge in [0.05, 0.1) is 6.10 Å². The van der Waals surface area contributed by atoms with Gasteiger partial charge in [-0.05, 0) is 56.3 Å². The van der Waals surface area contributed by atoms with E-state index < -0.39 is 0 Å². The highest BCUT2D eigenvalue weighted by Crippen LogP contribution is 2.37. The quantitative estimate of drug-likeness (QED) is 0.261. The summed E-state index contributed by atoms with van der Waals surface area (Å²) in [7, 11) is 0. The molecule has 1 aliphatic heterocycles. The first-order valence-electron chi connectivity index (χ1n) is 10.8. The monoisotopic (exact) mass is 362 g/mol. The van der Waals surface area contributed by atoms with E-state index in [0.29, 0.717) is 5.92 Å². The summed E-state index contributed by atoms with van der Waals surface area (Å²) in [6, 6.07) is 0. The Morgan fingerprint density at radius 2 is 2.08 bits per heavy atom. The summed E-state index contributed by atoms with van der Waals surface area (Å²) in [5.74, 6) is 2.07. The number of Topliss-reactive ketones (excluding diaryl/α,β-unsaturated/α-hetero) is 1. The fourth-order valence-corrected chi connectivity index (χ4v) is 4.39. The van der Waals surface area contributed by atoms with Gasteiger partial charge in [0.15, 0.2) is 5.78 Å². The molecular formula is C23H38O3. The second-order valence-electron chi connectivity index (χ2n) is 8.16. The molecular weight excluding hydrogens is 324 g/mol. The first-order chi connectivity index (χ1) is 12.7. The number of ketones is 1. The highest BCUT2D eigenvalue weighted by molar-refractivity contribution is 5.86. The predicted molar refractivity (Wildman–Crippen MR) is 107 cm³/mol. The lowest BCUT2D eigenvalue weighted by Gasteiger charge is -2.16. The van der Waals surface area contributed by atoms with Gasteiger partial charge in [-0.25, -0.2) is 0 Å². The van der Waals surface area contributed by atoms with Crippen LogP contribution in [-0.2, 0) is 9.53 Å². The molecule has 1 unspecified atom stereocenters. The number of epoxide rings is 1. The van der Waals surface area contributed by atoms with Crippen LogP contribution in [0.5, 0.6) is 0 Å². The van der Waals surface area contributed by atoms with Gasteiger partial charge >= 0.3 is 0 Å². The molecule has 0 spiro atoms. The number of aliphatic hydroxyl groups excluding tert-OH is 1. The van der Waals surface area contributed by atoms with Crippen molar-refractivity contribution in [1.82, 2.24) is 0 Å². The third kappa shape index (κ3) is 7.00. The SMILES string of the molecule is C=CC(CC=C[C@H]1CCC[C@@H]1CCCC[C@@H]1O[C@H]1C(=O)CO)CCCC. The van der Waals surface area contributed by atoms with Crippen LogP contribution in [0.3, 0.4) is 0 Å². The zero-order chi connectivity index (χ0) is 18.8. The largest absolute Gasteiger partial charge is 0.388 e. The lowest BCUT2D eigenvalue weighted by molar-refractivity contribution is -0.122. The Morgan fingerprint density at radius 3 is 2.81 bits per heavy atom. The third-order valence-corrected chi connectivity index (χ3v) is 6.17. The number of hydrogen-bond acceptors (Lipinski definition) is 3. The van der Waals surface area contributed by atoms with Gasteiger partial charge in [0.2, 0.25) is 0 Å². The van der Waals surface area contributed by atoms with E-state index >= 15 is 0 Å². The van der Waals surface area contributed by atoms with Crippen LogP contribution in [0.25, 0.3) is 0 Å². The van der Waals surface area contributed by atoms with Crippen LogP contribution >= 0.6 is 0 Å². The Bertz CT molecular complexity index is 456. The molecule has 2 fully saturated rings. The Labute approximate surface area is 159 Å². The molecule has 2 rings (SSSR count). The summed E-state index contributed by atoms with van der Waals surface area (Å²) < 4.78 is 5.35. The van der Waals surface area contributed by atoms with Crippen molar-refractivity contribution in [2.45, 2.75) is 89.8 Å². The summed E-state index contributed by atoms with van der Waals surface area (Å²) in [6.45, 7) is 5.85. The topological polar surface area (TPSA) is 49.8 Å². The average molecular weight is 363 g/mol. The van der Waals surface area contributed by atoms with Gasteiger partial charge in [-0.15, -0.1) is 6.58 Å². The standard InChI is InChI=1S/C23H38O3/c1-3-5-10-18(4-2)11-8-13-20-15-9-14-19(20)12-6-7-16-22-23(26-22)21(25)17-24/h4,8,13,18-20,22-24H,2-3,5-7,9-12,14-17H2,1H3/t18?,19-,20-,22-,23-/m0/s1. The molecule has 0 amide bonds. The van der Waals surface area contributed by atoms with Crippen molar-refractivity contribution < 1.29 is 14.6 Å². The first-order valence-corrected chi connectivity index (χ1v) is 10.8. The Morgan fingerprint density at radius 1 is 1.27 bits per heavy atom. The molecule has 5 atom stereocenters. The maximum atomic E-state index is 11.3. The highest BCUT2D eigenvalue weighted by atomic mass is 16.6. The average Bonchev–Trinajstić information content (AvgIpc) is 3.30. The number of carbonyl (C=O) groups excluding carboxylic acids is 1. The molecule has 0 bridgehead atoms. The van der Waals surface area contributed by atoms with E-state index in [1.54, 1.807) is 0 Å². The van der Waals surface area contributed by atoms with Crippen molar-refractivity contribution >= 4 is 5.78 Å². The zero-order valence-electron chi connectivity index (χ0n) is 16.6. The fraction of sp³-hybridized carbons (Fsp3) is 0.783. The summed E-state index contributed by atoms with van der Waals surface area (Å²) in [5, 5.41) is 8.83. The number of allylic oxidation sites excluding steroid dienone is 3. The van der Waals surface area contributed by atoms with E-state index in [1.165, 1.54) is 51.4 Å². The fourth-order valence-electron chi connectivity index (χ4n) is 4.39. The number of unbranched alkanes of at least 4 members (excludes halogenated alkanes) is 2. The Hall–Kier alpha value is -0.930. The minimum Gasteiger partial charge on any atom is -0.388 e. The van der Waals surface area contributed by atoms with Crippen LogP contribution in [-0.4, -0.2) is 29.7 Å². The van der Waals surface area contributed by atoms with Gasteiger partial charge < -0.3 is 9.84 Å². The van der Waals surface area contributed by atoms with Gasteiger partial charge in [-0.2, -0.15) is 0 Å². The maximum absolute atomic E-state index is 11.3. The smallest absolute Gasteiger partial charge is 0.189 e. The highest BCUT2D eigenvalue weighted by Gasteiger charge is 2.43. The predicted octanol–water partition coefficient (Wildman–Crippen LogP) is 5.23. The van der Waals surface area contributed by atoms with Gasteiger partial charge in [0, 0.05) is 0 Å². The number of ether oxygens (including phenoxy) is 1. The molecule has 0 aromatic heterocycles. The normalized spacial score (nSPS) is 29.2. The molecule has 26 heavy (non-hydrogen) atoms. The van der Waals surface area contributed by atoms with Crippen LogP contribution < -0.4 is 0 Å². The Kier molecular flexibility index (Phi) is 9.63. The van der Waals surface area contributed by atoms with E-state index in [2.05, 4.69) is 31.7 Å². The molecule has 1 saturated heterocycles. The van der Waals surface area contributed by atoms with Crippen molar-refractivity contribution in [2.75, 3.05) is 6.61 Å². The van der Waals surface area contributed by atoms with Crippen molar-refractivity contribution in [3.8, 4) is 0 Å². The van der Waals surface area contributed by atoms with Crippen molar-refractivity contribution in [1.29, 1.82) is 0 Å². The maximum Gasteiger partial charge on any atom is 0.189 e. The number of rotatable bonds is 14. The second kappa shape index (κ2) is 11.7. The molecule has 148 valence electrons. The van der Waals surface area contributed by atoms with Crippen molar-refractivity contribution in [2.24, 2.45) is 17.8 Å². The molecule has 0 radical (unpaired) electrons. The van der Waals surface area contributed by atoms with Crippen LogP contribution in [0.2, 0.25) is 0 Å². The van der Waals surface area contributed by atoms with Gasteiger partial charge in [-0.3, -0.25) is 4.79 Å².